The quantitative estimate of drug-likeness (QED) is 0.802. The Balaban J connectivity index is 2.21. The Morgan fingerprint density at radius 2 is 1.76 bits per heavy atom. The number of aromatic nitrogens is 1. The van der Waals surface area contributed by atoms with E-state index in [1.54, 1.807) is 12.4 Å². The van der Waals surface area contributed by atoms with Gasteiger partial charge in [-0.15, -0.1) is 0 Å². The molecule has 1 aliphatic heterocycles. The number of hydrogen-bond donors (Lipinski definition) is 0. The highest BCUT2D eigenvalue weighted by molar-refractivity contribution is 6.54. The zero-order valence-corrected chi connectivity index (χ0v) is 13.5. The van der Waals surface area contributed by atoms with Crippen LogP contribution in [0.3, 0.4) is 0 Å². The van der Waals surface area contributed by atoms with Gasteiger partial charge in [0.05, 0.1) is 23.1 Å². The van der Waals surface area contributed by atoms with Gasteiger partial charge in [0.25, 0.3) is 0 Å². The highest BCUT2D eigenvalue weighted by Gasteiger charge is 2.53. The van der Waals surface area contributed by atoms with Crippen molar-refractivity contribution in [3.05, 3.63) is 29.7 Å². The van der Waals surface area contributed by atoms with Crippen molar-refractivity contribution in [2.45, 2.75) is 38.9 Å². The summed E-state index contributed by atoms with van der Waals surface area (Å²) in [7, 11) is 2.85. The highest BCUT2D eigenvalue weighted by atomic mass is 19.1. The van der Waals surface area contributed by atoms with Crippen LogP contribution in [0, 0.1) is 0 Å². The van der Waals surface area contributed by atoms with Gasteiger partial charge in [0.15, 0.2) is 0 Å². The van der Waals surface area contributed by atoms with Gasteiger partial charge in [-0.2, -0.15) is 0 Å². The molecule has 0 aliphatic carbocycles. The maximum Gasteiger partial charge on any atom is 0.525 e. The molecule has 1 aromatic rings. The second kappa shape index (κ2) is 5.42. The largest absolute Gasteiger partial charge is 0.525 e. The molecule has 0 N–H and O–H groups in total. The van der Waals surface area contributed by atoms with E-state index in [1.165, 1.54) is 6.08 Å². The molecular formula is C15H22BFN2O2. The third-order valence-corrected chi connectivity index (χ3v) is 4.04. The Kier molecular flexibility index (Phi) is 4.13. The maximum absolute atomic E-state index is 14.4. The summed E-state index contributed by atoms with van der Waals surface area (Å²) in [5.74, 6) is 0. The van der Waals surface area contributed by atoms with E-state index in [4.69, 9.17) is 9.31 Å². The molecule has 21 heavy (non-hydrogen) atoms. The summed E-state index contributed by atoms with van der Waals surface area (Å²) in [6.45, 7) is 7.59. The minimum Gasteiger partial charge on any atom is -0.398 e. The van der Waals surface area contributed by atoms with Crippen LogP contribution in [0.2, 0.25) is 0 Å². The van der Waals surface area contributed by atoms with Crippen LogP contribution in [0.1, 0.15) is 33.3 Å². The van der Waals surface area contributed by atoms with Crippen LogP contribution >= 0.6 is 0 Å². The molecule has 1 saturated heterocycles. The van der Waals surface area contributed by atoms with Gasteiger partial charge in [-0.3, -0.25) is 4.98 Å². The average molecular weight is 292 g/mol. The van der Waals surface area contributed by atoms with E-state index >= 15 is 0 Å². The number of nitrogens with zero attached hydrogens (tertiary/aromatic N) is 2. The predicted octanol–water partition coefficient (Wildman–Crippen LogP) is 3.09. The lowest BCUT2D eigenvalue weighted by atomic mass is 9.87. The number of anilines is 1. The molecule has 0 unspecified atom stereocenters. The van der Waals surface area contributed by atoms with E-state index in [0.717, 1.165) is 5.69 Å². The van der Waals surface area contributed by atoms with E-state index in [1.807, 2.05) is 52.8 Å². The molecule has 114 valence electrons. The van der Waals surface area contributed by atoms with Crippen molar-refractivity contribution in [2.24, 2.45) is 0 Å². The lowest BCUT2D eigenvalue weighted by Gasteiger charge is -2.32. The second-order valence-corrected chi connectivity index (χ2v) is 6.49. The topological polar surface area (TPSA) is 34.6 Å². The van der Waals surface area contributed by atoms with Crippen LogP contribution in [0.4, 0.5) is 10.1 Å². The Morgan fingerprint density at radius 3 is 2.29 bits per heavy atom. The monoisotopic (exact) mass is 292 g/mol. The zero-order chi connectivity index (χ0) is 15.8. The van der Waals surface area contributed by atoms with E-state index in [2.05, 4.69) is 4.98 Å². The molecule has 0 atom stereocenters. The third-order valence-electron chi connectivity index (χ3n) is 4.04. The molecule has 0 radical (unpaired) electrons. The summed E-state index contributed by atoms with van der Waals surface area (Å²) in [5, 5.41) is 0. The first-order valence-corrected chi connectivity index (χ1v) is 6.97. The maximum atomic E-state index is 14.4. The van der Waals surface area contributed by atoms with E-state index in [9.17, 15) is 4.39 Å². The molecule has 2 heterocycles. The SMILES string of the molecule is CN(C)c1cncc(C=C(F)B2OC(C)(C)C(C)(C)O2)c1. The van der Waals surface area contributed by atoms with Crippen LogP contribution in [-0.4, -0.2) is 37.4 Å². The summed E-state index contributed by atoms with van der Waals surface area (Å²) in [6.07, 6.45) is 4.74. The van der Waals surface area contributed by atoms with Crippen molar-refractivity contribution >= 4 is 18.9 Å². The van der Waals surface area contributed by atoms with Crippen molar-refractivity contribution in [1.82, 2.24) is 4.98 Å². The van der Waals surface area contributed by atoms with Crippen LogP contribution in [0.15, 0.2) is 24.2 Å². The van der Waals surface area contributed by atoms with Gasteiger partial charge in [-0.25, -0.2) is 4.39 Å². The minimum atomic E-state index is -0.974. The normalized spacial score (nSPS) is 20.7. The van der Waals surface area contributed by atoms with Crippen molar-refractivity contribution < 1.29 is 13.7 Å². The van der Waals surface area contributed by atoms with Gasteiger partial charge in [-0.1, -0.05) is 0 Å². The lowest BCUT2D eigenvalue weighted by Crippen LogP contribution is -2.41. The summed E-state index contributed by atoms with van der Waals surface area (Å²) in [6, 6.07) is 1.86. The molecule has 0 spiro atoms. The smallest absolute Gasteiger partial charge is 0.398 e. The number of halogens is 1. The van der Waals surface area contributed by atoms with Gasteiger partial charge >= 0.3 is 7.12 Å². The third kappa shape index (κ3) is 3.27. The fourth-order valence-electron chi connectivity index (χ4n) is 1.95. The Bertz CT molecular complexity index is 542. The molecular weight excluding hydrogens is 270 g/mol. The van der Waals surface area contributed by atoms with Gasteiger partial charge in [0.2, 0.25) is 0 Å². The Labute approximate surface area is 126 Å². The number of rotatable bonds is 3. The fourth-order valence-corrected chi connectivity index (χ4v) is 1.95. The first kappa shape index (κ1) is 16.0. The summed E-state index contributed by atoms with van der Waals surface area (Å²) < 4.78 is 25.7. The molecule has 0 bridgehead atoms. The summed E-state index contributed by atoms with van der Waals surface area (Å²) >= 11 is 0. The summed E-state index contributed by atoms with van der Waals surface area (Å²) in [4.78, 5) is 6.02. The number of hydrogen-bond acceptors (Lipinski definition) is 4. The van der Waals surface area contributed by atoms with Crippen LogP contribution in [0.25, 0.3) is 6.08 Å². The Morgan fingerprint density at radius 1 is 1.19 bits per heavy atom. The average Bonchev–Trinajstić information content (AvgIpc) is 2.59. The molecule has 1 fully saturated rings. The fraction of sp³-hybridized carbons (Fsp3) is 0.533. The first-order valence-electron chi connectivity index (χ1n) is 6.97. The van der Waals surface area contributed by atoms with Gasteiger partial charge in [0.1, 0.15) is 5.73 Å². The molecule has 6 heteroatoms. The van der Waals surface area contributed by atoms with Gasteiger partial charge in [0, 0.05) is 20.3 Å². The zero-order valence-electron chi connectivity index (χ0n) is 13.5. The molecule has 0 amide bonds. The second-order valence-electron chi connectivity index (χ2n) is 6.49. The molecule has 2 rings (SSSR count). The van der Waals surface area contributed by atoms with Crippen LogP contribution in [0.5, 0.6) is 0 Å². The standard InChI is InChI=1S/C15H22BFN2O2/c1-14(2)15(3,4)21-16(20-14)13(17)8-11-7-12(19(5)6)10-18-9-11/h7-10H,1-6H3. The van der Waals surface area contributed by atoms with Gasteiger partial charge in [-0.05, 0) is 45.4 Å². The summed E-state index contributed by atoms with van der Waals surface area (Å²) in [5.41, 5.74) is 0.0318. The van der Waals surface area contributed by atoms with Crippen molar-refractivity contribution in [1.29, 1.82) is 0 Å². The van der Waals surface area contributed by atoms with E-state index < -0.39 is 24.0 Å². The predicted molar refractivity (Wildman–Crippen MR) is 83.7 cm³/mol. The van der Waals surface area contributed by atoms with Crippen molar-refractivity contribution in [3.8, 4) is 0 Å². The van der Waals surface area contributed by atoms with E-state index in [0.29, 0.717) is 5.56 Å². The lowest BCUT2D eigenvalue weighted by molar-refractivity contribution is 0.00578. The van der Waals surface area contributed by atoms with Crippen molar-refractivity contribution in [2.75, 3.05) is 19.0 Å². The Hall–Kier alpha value is -1.40. The molecule has 4 nitrogen and oxygen atoms in total. The first-order chi connectivity index (χ1) is 9.62. The van der Waals surface area contributed by atoms with Crippen molar-refractivity contribution in [3.63, 3.8) is 0 Å². The van der Waals surface area contributed by atoms with Crippen LogP contribution < -0.4 is 4.90 Å². The van der Waals surface area contributed by atoms with Crippen LogP contribution in [-0.2, 0) is 9.31 Å². The minimum absolute atomic E-state index is 0.452. The van der Waals surface area contributed by atoms with Gasteiger partial charge < -0.3 is 14.2 Å². The van der Waals surface area contributed by atoms with E-state index in [-0.39, 0.29) is 0 Å². The molecule has 0 aromatic carbocycles. The highest BCUT2D eigenvalue weighted by Crippen LogP contribution is 2.39. The molecule has 1 aromatic heterocycles. The molecule has 1 aliphatic rings. The molecule has 0 saturated carbocycles. The number of pyridine rings is 1.